The number of ether oxygens (including phenoxy) is 3. The van der Waals surface area contributed by atoms with Crippen LogP contribution in [-0.2, 0) is 23.9 Å². The largest absolute Gasteiger partial charge is 0.496 e. The Morgan fingerprint density at radius 1 is 0.944 bits per heavy atom. The van der Waals surface area contributed by atoms with E-state index in [4.69, 9.17) is 19.2 Å². The molecule has 0 radical (unpaired) electrons. The van der Waals surface area contributed by atoms with Crippen LogP contribution in [0.25, 0.3) is 0 Å². The number of aliphatic imine (C=N–C) groups is 1. The van der Waals surface area contributed by atoms with E-state index in [2.05, 4.69) is 0 Å². The van der Waals surface area contributed by atoms with Gasteiger partial charge in [0.15, 0.2) is 5.78 Å². The number of methoxy groups -OCH3 is 1. The number of esters is 2. The summed E-state index contributed by atoms with van der Waals surface area (Å²) in [4.78, 5) is 45.4. The standard InChI is InChI=1S/C29H31NO6/c1-5-35-28(32)23-17(3)30-21-16-20(19-14-10-11-15-22(19)34-4)25(29(33)36-6-2)27(31)26(21)24(23)18-12-8-7-9-13-18/h7-15,20,24-26H,5-6,16H2,1-4H3/t20-,24+,25-,26?/m0/s1. The number of ketones is 1. The number of benzene rings is 2. The molecule has 0 bridgehead atoms. The van der Waals surface area contributed by atoms with Crippen molar-refractivity contribution in [3.05, 3.63) is 77.0 Å². The van der Waals surface area contributed by atoms with Crippen molar-refractivity contribution < 1.29 is 28.6 Å². The fourth-order valence-corrected chi connectivity index (χ4v) is 5.44. The Bertz CT molecular complexity index is 1220. The summed E-state index contributed by atoms with van der Waals surface area (Å²) < 4.78 is 16.3. The van der Waals surface area contributed by atoms with Crippen molar-refractivity contribution >= 4 is 23.4 Å². The summed E-state index contributed by atoms with van der Waals surface area (Å²) in [7, 11) is 1.56. The molecule has 2 aromatic carbocycles. The number of para-hydroxylation sites is 1. The first kappa shape index (κ1) is 25.4. The number of hydrogen-bond donors (Lipinski definition) is 0. The molecule has 7 nitrogen and oxygen atoms in total. The third-order valence-corrected chi connectivity index (χ3v) is 6.88. The smallest absolute Gasteiger partial charge is 0.336 e. The van der Waals surface area contributed by atoms with Crippen LogP contribution < -0.4 is 4.74 Å². The Kier molecular flexibility index (Phi) is 7.67. The summed E-state index contributed by atoms with van der Waals surface area (Å²) in [6, 6.07) is 16.8. The number of hydrogen-bond acceptors (Lipinski definition) is 7. The van der Waals surface area contributed by atoms with E-state index in [-0.39, 0.29) is 19.0 Å². The highest BCUT2D eigenvalue weighted by atomic mass is 16.5. The molecule has 4 rings (SSSR count). The summed E-state index contributed by atoms with van der Waals surface area (Å²) in [6.07, 6.45) is 0.358. The van der Waals surface area contributed by atoms with Crippen LogP contribution >= 0.6 is 0 Å². The summed E-state index contributed by atoms with van der Waals surface area (Å²) >= 11 is 0. The Morgan fingerprint density at radius 2 is 1.61 bits per heavy atom. The molecule has 36 heavy (non-hydrogen) atoms. The third-order valence-electron chi connectivity index (χ3n) is 6.88. The molecule has 0 spiro atoms. The van der Waals surface area contributed by atoms with Crippen molar-refractivity contribution in [2.75, 3.05) is 20.3 Å². The molecule has 0 amide bonds. The predicted molar refractivity (Wildman–Crippen MR) is 135 cm³/mol. The Balaban J connectivity index is 1.90. The molecule has 1 aliphatic heterocycles. The minimum absolute atomic E-state index is 0.155. The molecule has 1 saturated carbocycles. The summed E-state index contributed by atoms with van der Waals surface area (Å²) in [5.41, 5.74) is 3.07. The van der Waals surface area contributed by atoms with Crippen LogP contribution in [0, 0.1) is 11.8 Å². The summed E-state index contributed by atoms with van der Waals surface area (Å²) in [5, 5.41) is 0. The van der Waals surface area contributed by atoms with Gasteiger partial charge in [-0.25, -0.2) is 4.79 Å². The molecule has 2 aromatic rings. The van der Waals surface area contributed by atoms with Gasteiger partial charge in [-0.15, -0.1) is 0 Å². The Morgan fingerprint density at radius 3 is 2.28 bits per heavy atom. The molecule has 1 fully saturated rings. The first-order chi connectivity index (χ1) is 17.4. The van der Waals surface area contributed by atoms with Crippen LogP contribution in [0.4, 0.5) is 0 Å². The third kappa shape index (κ3) is 4.57. The lowest BCUT2D eigenvalue weighted by molar-refractivity contribution is -0.153. The molecular formula is C29H31NO6. The number of carbonyl (C=O) groups excluding carboxylic acids is 3. The maximum Gasteiger partial charge on any atom is 0.336 e. The highest BCUT2D eigenvalue weighted by Gasteiger charge is 2.53. The molecule has 1 unspecified atom stereocenters. The fraction of sp³-hybridized carbons (Fsp3) is 0.379. The maximum absolute atomic E-state index is 14.3. The molecule has 0 saturated heterocycles. The van der Waals surface area contributed by atoms with Crippen molar-refractivity contribution in [3.63, 3.8) is 0 Å². The van der Waals surface area contributed by atoms with Crippen LogP contribution in [0.3, 0.4) is 0 Å². The maximum atomic E-state index is 14.3. The first-order valence-electron chi connectivity index (χ1n) is 12.3. The zero-order chi connectivity index (χ0) is 25.8. The predicted octanol–water partition coefficient (Wildman–Crippen LogP) is 4.62. The normalized spacial score (nSPS) is 23.4. The van der Waals surface area contributed by atoms with Crippen molar-refractivity contribution in [1.82, 2.24) is 0 Å². The highest BCUT2D eigenvalue weighted by molar-refractivity contribution is 6.18. The van der Waals surface area contributed by atoms with Gasteiger partial charge in [0, 0.05) is 23.2 Å². The topological polar surface area (TPSA) is 91.3 Å². The van der Waals surface area contributed by atoms with Gasteiger partial charge in [0.2, 0.25) is 0 Å². The SMILES string of the molecule is CCOC(=O)C1=C(C)N=C2C[C@@H](c3ccccc3OC)[C@H](C(=O)OCC)C(=O)C2[C@@H]1c1ccccc1. The van der Waals surface area contributed by atoms with Crippen molar-refractivity contribution in [2.45, 2.75) is 39.0 Å². The molecule has 0 aromatic heterocycles. The number of rotatable bonds is 7. The Labute approximate surface area is 211 Å². The van der Waals surface area contributed by atoms with E-state index in [1.807, 2.05) is 54.6 Å². The van der Waals surface area contributed by atoms with Gasteiger partial charge in [0.1, 0.15) is 11.7 Å². The molecular weight excluding hydrogens is 458 g/mol. The monoisotopic (exact) mass is 489 g/mol. The second-order valence-corrected chi connectivity index (χ2v) is 8.87. The van der Waals surface area contributed by atoms with Gasteiger partial charge in [-0.3, -0.25) is 14.6 Å². The molecule has 7 heteroatoms. The highest BCUT2D eigenvalue weighted by Crippen LogP contribution is 2.49. The van der Waals surface area contributed by atoms with Gasteiger partial charge in [-0.1, -0.05) is 48.5 Å². The zero-order valence-corrected chi connectivity index (χ0v) is 21.0. The van der Waals surface area contributed by atoms with E-state index in [1.54, 1.807) is 27.9 Å². The van der Waals surface area contributed by atoms with E-state index >= 15 is 0 Å². The van der Waals surface area contributed by atoms with Gasteiger partial charge in [-0.2, -0.15) is 0 Å². The number of carbonyl (C=O) groups is 3. The molecule has 1 heterocycles. The van der Waals surface area contributed by atoms with E-state index in [9.17, 15) is 14.4 Å². The molecule has 1 aliphatic carbocycles. The lowest BCUT2D eigenvalue weighted by atomic mass is 9.62. The second kappa shape index (κ2) is 10.9. The van der Waals surface area contributed by atoms with Crippen LogP contribution in [-0.4, -0.2) is 43.8 Å². The Hall–Kier alpha value is -3.74. The van der Waals surface area contributed by atoms with E-state index in [0.29, 0.717) is 29.2 Å². The number of nitrogens with zero attached hydrogens (tertiary/aromatic N) is 1. The van der Waals surface area contributed by atoms with Gasteiger partial charge in [0.25, 0.3) is 0 Å². The number of allylic oxidation sites excluding steroid dienone is 1. The molecule has 4 atom stereocenters. The van der Waals surface area contributed by atoms with E-state index < -0.39 is 35.6 Å². The lowest BCUT2D eigenvalue weighted by Gasteiger charge is -2.41. The summed E-state index contributed by atoms with van der Waals surface area (Å²) in [5.74, 6) is -3.74. The number of fused-ring (bicyclic) bond motifs is 1. The molecule has 2 aliphatic rings. The van der Waals surface area contributed by atoms with Crippen LogP contribution in [0.15, 0.2) is 70.9 Å². The van der Waals surface area contributed by atoms with Crippen molar-refractivity contribution in [2.24, 2.45) is 16.8 Å². The molecule has 188 valence electrons. The quantitative estimate of drug-likeness (QED) is 0.416. The van der Waals surface area contributed by atoms with E-state index in [1.165, 1.54) is 0 Å². The van der Waals surface area contributed by atoms with Gasteiger partial charge >= 0.3 is 11.9 Å². The fourth-order valence-electron chi connectivity index (χ4n) is 5.44. The van der Waals surface area contributed by atoms with Crippen molar-refractivity contribution in [1.29, 1.82) is 0 Å². The van der Waals surface area contributed by atoms with Gasteiger partial charge in [0.05, 0.1) is 31.8 Å². The van der Waals surface area contributed by atoms with Crippen molar-refractivity contribution in [3.8, 4) is 5.75 Å². The first-order valence-corrected chi connectivity index (χ1v) is 12.3. The van der Waals surface area contributed by atoms with E-state index in [0.717, 1.165) is 11.1 Å². The van der Waals surface area contributed by atoms with Gasteiger partial charge in [-0.05, 0) is 44.4 Å². The molecule has 0 N–H and O–H groups in total. The average Bonchev–Trinajstić information content (AvgIpc) is 2.88. The van der Waals surface area contributed by atoms with Crippen LogP contribution in [0.2, 0.25) is 0 Å². The van der Waals surface area contributed by atoms with Crippen LogP contribution in [0.1, 0.15) is 50.2 Å². The van der Waals surface area contributed by atoms with Gasteiger partial charge < -0.3 is 14.2 Å². The van der Waals surface area contributed by atoms with Crippen LogP contribution in [0.5, 0.6) is 5.75 Å². The number of Topliss-reactive ketones (excluding diaryl/α,β-unsaturated/α-hetero) is 1. The minimum atomic E-state index is -1.06. The average molecular weight is 490 g/mol. The second-order valence-electron chi connectivity index (χ2n) is 8.87. The lowest BCUT2D eigenvalue weighted by Crippen LogP contribution is -2.48. The minimum Gasteiger partial charge on any atom is -0.496 e. The zero-order valence-electron chi connectivity index (χ0n) is 21.0. The summed E-state index contributed by atoms with van der Waals surface area (Å²) in [6.45, 7) is 5.58.